The molecule has 0 saturated carbocycles. The van der Waals surface area contributed by atoms with Gasteiger partial charge in [0.1, 0.15) is 0 Å². The molecule has 0 unspecified atom stereocenters. The summed E-state index contributed by atoms with van der Waals surface area (Å²) in [5, 5.41) is 0. The van der Waals surface area contributed by atoms with Crippen molar-refractivity contribution in [1.29, 1.82) is 0 Å². The third-order valence-corrected chi connectivity index (χ3v) is 4.19. The van der Waals surface area contributed by atoms with Crippen LogP contribution in [-0.2, 0) is 12.8 Å². The third-order valence-electron chi connectivity index (χ3n) is 4.19. The zero-order valence-corrected chi connectivity index (χ0v) is 20.7. The Kier molecular flexibility index (Phi) is 16.1. The van der Waals surface area contributed by atoms with Crippen molar-refractivity contribution in [3.8, 4) is 11.1 Å². The predicted octanol–water partition coefficient (Wildman–Crippen LogP) is 9.49. The summed E-state index contributed by atoms with van der Waals surface area (Å²) in [5.41, 5.74) is 5.46. The van der Waals surface area contributed by atoms with Crippen molar-refractivity contribution < 1.29 is 0 Å². The Morgan fingerprint density at radius 1 is 0.433 bits per heavy atom. The molecule has 0 bridgehead atoms. The smallest absolute Gasteiger partial charge is 0.0184 e. The lowest BCUT2D eigenvalue weighted by Gasteiger charge is -2.06. The van der Waals surface area contributed by atoms with Crippen LogP contribution < -0.4 is 0 Å². The molecule has 0 heteroatoms. The molecule has 0 heterocycles. The van der Waals surface area contributed by atoms with Gasteiger partial charge in [-0.25, -0.2) is 0 Å². The molecule has 0 N–H and O–H groups in total. The van der Waals surface area contributed by atoms with E-state index in [9.17, 15) is 0 Å². The minimum atomic E-state index is 0.725. The second-order valence-corrected chi connectivity index (χ2v) is 7.74. The Morgan fingerprint density at radius 2 is 0.767 bits per heavy atom. The van der Waals surface area contributed by atoms with E-state index >= 15 is 0 Å². The van der Waals surface area contributed by atoms with Gasteiger partial charge in [-0.05, 0) is 46.9 Å². The summed E-state index contributed by atoms with van der Waals surface area (Å²) in [6, 6.07) is 30.0. The lowest BCUT2D eigenvalue weighted by Crippen LogP contribution is -1.93. The monoisotopic (exact) mass is 404 g/mol. The first kappa shape index (κ1) is 27.7. The highest BCUT2D eigenvalue weighted by molar-refractivity contribution is 5.63. The topological polar surface area (TPSA) is 0 Å². The van der Waals surface area contributed by atoms with Gasteiger partial charge < -0.3 is 0 Å². The van der Waals surface area contributed by atoms with Gasteiger partial charge in [-0.1, -0.05) is 140 Å². The van der Waals surface area contributed by atoms with E-state index in [4.69, 9.17) is 0 Å². The van der Waals surface area contributed by atoms with Gasteiger partial charge in [0.05, 0.1) is 0 Å². The van der Waals surface area contributed by atoms with Gasteiger partial charge in [-0.2, -0.15) is 0 Å². The minimum Gasteiger partial charge on any atom is -0.0683 e. The number of hydrogen-bond acceptors (Lipinski definition) is 0. The van der Waals surface area contributed by atoms with E-state index in [1.165, 1.54) is 28.7 Å². The third kappa shape index (κ3) is 12.3. The zero-order valence-electron chi connectivity index (χ0n) is 20.7. The Bertz CT molecular complexity index is 722. The van der Waals surface area contributed by atoms with Crippen molar-refractivity contribution in [2.24, 2.45) is 11.8 Å². The summed E-state index contributed by atoms with van der Waals surface area (Å²) < 4.78 is 0. The molecule has 0 atom stereocenters. The van der Waals surface area contributed by atoms with Crippen molar-refractivity contribution in [3.05, 3.63) is 96.1 Å². The fourth-order valence-electron chi connectivity index (χ4n) is 3.02. The molecule has 30 heavy (non-hydrogen) atoms. The molecule has 164 valence electrons. The molecule has 3 aromatic carbocycles. The van der Waals surface area contributed by atoms with Crippen LogP contribution in [0.3, 0.4) is 0 Å². The van der Waals surface area contributed by atoms with Crippen LogP contribution in [-0.4, -0.2) is 0 Å². The molecular weight excluding hydrogens is 360 g/mol. The van der Waals surface area contributed by atoms with Crippen LogP contribution in [0.4, 0.5) is 0 Å². The summed E-state index contributed by atoms with van der Waals surface area (Å²) in [5.74, 6) is 1.49. The molecule has 0 spiro atoms. The van der Waals surface area contributed by atoms with Gasteiger partial charge in [0.25, 0.3) is 0 Å². The van der Waals surface area contributed by atoms with Crippen molar-refractivity contribution in [3.63, 3.8) is 0 Å². The van der Waals surface area contributed by atoms with Gasteiger partial charge in [-0.3, -0.25) is 0 Å². The average Bonchev–Trinajstić information content (AvgIpc) is 2.78. The predicted molar refractivity (Wildman–Crippen MR) is 138 cm³/mol. The van der Waals surface area contributed by atoms with Crippen molar-refractivity contribution in [1.82, 2.24) is 0 Å². The maximum Gasteiger partial charge on any atom is -0.0184 e. The second kappa shape index (κ2) is 17.5. The summed E-state index contributed by atoms with van der Waals surface area (Å²) in [6.45, 7) is 17.0. The molecule has 0 nitrogen and oxygen atoms in total. The first-order valence-corrected chi connectivity index (χ1v) is 11.7. The van der Waals surface area contributed by atoms with Crippen LogP contribution in [0.1, 0.15) is 66.5 Å². The maximum atomic E-state index is 2.26. The van der Waals surface area contributed by atoms with Crippen LogP contribution in [0.2, 0.25) is 0 Å². The second-order valence-electron chi connectivity index (χ2n) is 7.74. The van der Waals surface area contributed by atoms with Crippen LogP contribution in [0.5, 0.6) is 0 Å². The standard InChI is InChI=1S/C16H18.C10H14.2C2H6/c1-13(2)12-14-8-10-16(11-9-14)15-6-4-3-5-7-15;1-9(2)8-10-6-4-3-5-7-10;2*1-2/h3-11,13H,12H2,1-2H3;3-7,9H,8H2,1-2H3;2*1-2H3. The van der Waals surface area contributed by atoms with Crippen molar-refractivity contribution >= 4 is 0 Å². The maximum absolute atomic E-state index is 2.26. The van der Waals surface area contributed by atoms with Gasteiger partial charge in [0.15, 0.2) is 0 Å². The van der Waals surface area contributed by atoms with Crippen molar-refractivity contribution in [2.75, 3.05) is 0 Å². The van der Waals surface area contributed by atoms with E-state index in [-0.39, 0.29) is 0 Å². The molecule has 0 saturated heterocycles. The summed E-state index contributed by atoms with van der Waals surface area (Å²) in [7, 11) is 0. The summed E-state index contributed by atoms with van der Waals surface area (Å²) in [6.07, 6.45) is 2.36. The first-order chi connectivity index (χ1) is 14.5. The largest absolute Gasteiger partial charge is 0.0683 e. The van der Waals surface area contributed by atoms with E-state index in [0.29, 0.717) is 0 Å². The molecule has 3 aromatic rings. The minimum absolute atomic E-state index is 0.725. The molecule has 0 aliphatic heterocycles. The highest BCUT2D eigenvalue weighted by Crippen LogP contribution is 2.20. The molecule has 0 aliphatic carbocycles. The molecule has 0 amide bonds. The number of rotatable bonds is 5. The highest BCUT2D eigenvalue weighted by atomic mass is 14.0. The van der Waals surface area contributed by atoms with Gasteiger partial charge in [0.2, 0.25) is 0 Å². The lowest BCUT2D eigenvalue weighted by molar-refractivity contribution is 0.647. The Hall–Kier alpha value is -2.34. The number of benzene rings is 3. The van der Waals surface area contributed by atoms with Gasteiger partial charge in [0, 0.05) is 0 Å². The fourth-order valence-corrected chi connectivity index (χ4v) is 3.02. The van der Waals surface area contributed by atoms with E-state index in [0.717, 1.165) is 18.3 Å². The van der Waals surface area contributed by atoms with Crippen LogP contribution in [0.15, 0.2) is 84.9 Å². The zero-order chi connectivity index (χ0) is 22.8. The molecule has 0 fully saturated rings. The SMILES string of the molecule is CC.CC.CC(C)Cc1ccc(-c2ccccc2)cc1.CC(C)Cc1ccccc1. The number of hydrogen-bond donors (Lipinski definition) is 0. The van der Waals surface area contributed by atoms with Gasteiger partial charge in [-0.15, -0.1) is 0 Å². The molecule has 3 rings (SSSR count). The van der Waals surface area contributed by atoms with Gasteiger partial charge >= 0.3 is 0 Å². The summed E-state index contributed by atoms with van der Waals surface area (Å²) >= 11 is 0. The Labute approximate surface area is 187 Å². The molecule has 0 aromatic heterocycles. The van der Waals surface area contributed by atoms with Crippen LogP contribution in [0, 0.1) is 11.8 Å². The average molecular weight is 405 g/mol. The van der Waals surface area contributed by atoms with Crippen molar-refractivity contribution in [2.45, 2.75) is 68.2 Å². The van der Waals surface area contributed by atoms with E-state index in [2.05, 4.69) is 113 Å². The fraction of sp³-hybridized carbons (Fsp3) is 0.400. The lowest BCUT2D eigenvalue weighted by atomic mass is 9.99. The normalized spacial score (nSPS) is 9.53. The van der Waals surface area contributed by atoms with E-state index < -0.39 is 0 Å². The van der Waals surface area contributed by atoms with Crippen LogP contribution in [0.25, 0.3) is 11.1 Å². The molecular formula is C30H44. The molecule has 0 radical (unpaired) electrons. The van der Waals surface area contributed by atoms with Crippen LogP contribution >= 0.6 is 0 Å². The summed E-state index contributed by atoms with van der Waals surface area (Å²) in [4.78, 5) is 0. The Morgan fingerprint density at radius 3 is 1.17 bits per heavy atom. The quantitative estimate of drug-likeness (QED) is 0.397. The highest BCUT2D eigenvalue weighted by Gasteiger charge is 1.99. The van der Waals surface area contributed by atoms with E-state index in [1.54, 1.807) is 0 Å². The first-order valence-electron chi connectivity index (χ1n) is 11.7. The Balaban J connectivity index is 0.000000518. The van der Waals surface area contributed by atoms with E-state index in [1.807, 2.05) is 27.7 Å². The molecule has 0 aliphatic rings.